The van der Waals surface area contributed by atoms with Gasteiger partial charge in [-0.15, -0.1) is 0 Å². The molecule has 2 aromatic rings. The fourth-order valence-electron chi connectivity index (χ4n) is 3.93. The van der Waals surface area contributed by atoms with E-state index in [0.29, 0.717) is 6.54 Å². The van der Waals surface area contributed by atoms with Crippen LogP contribution in [0.2, 0.25) is 0 Å². The van der Waals surface area contributed by atoms with E-state index in [4.69, 9.17) is 4.74 Å². The van der Waals surface area contributed by atoms with E-state index >= 15 is 0 Å². The van der Waals surface area contributed by atoms with E-state index in [1.54, 1.807) is 54.4 Å². The van der Waals surface area contributed by atoms with Gasteiger partial charge in [0.2, 0.25) is 15.9 Å². The summed E-state index contributed by atoms with van der Waals surface area (Å²) < 4.78 is 34.8. The number of ether oxygens (including phenoxy) is 1. The van der Waals surface area contributed by atoms with E-state index in [2.05, 4.69) is 4.98 Å². The molecule has 1 aromatic heterocycles. The molecule has 0 saturated carbocycles. The molecule has 3 atom stereocenters. The summed E-state index contributed by atoms with van der Waals surface area (Å²) in [6, 6.07) is 8.08. The zero-order chi connectivity index (χ0) is 25.0. The van der Waals surface area contributed by atoms with Gasteiger partial charge in [0, 0.05) is 37.9 Å². The second-order valence-electron chi connectivity index (χ2n) is 9.15. The van der Waals surface area contributed by atoms with Crippen LogP contribution in [0.3, 0.4) is 0 Å². The highest BCUT2D eigenvalue weighted by Gasteiger charge is 2.38. The van der Waals surface area contributed by atoms with Crippen LogP contribution < -0.4 is 4.74 Å². The summed E-state index contributed by atoms with van der Waals surface area (Å²) in [5, 5.41) is 9.78. The lowest BCUT2D eigenvalue weighted by atomic mass is 10.0. The number of aliphatic hydroxyl groups excluding tert-OH is 1. The first kappa shape index (κ1) is 26.1. The van der Waals surface area contributed by atoms with E-state index in [-0.39, 0.29) is 42.2 Å². The summed E-state index contributed by atoms with van der Waals surface area (Å²) in [6.45, 7) is 4.01. The maximum Gasteiger partial charge on any atom is 0.247 e. The highest BCUT2D eigenvalue weighted by atomic mass is 32.2. The first-order valence-corrected chi connectivity index (χ1v) is 12.7. The van der Waals surface area contributed by atoms with Gasteiger partial charge >= 0.3 is 0 Å². The van der Waals surface area contributed by atoms with Gasteiger partial charge in [0.05, 0.1) is 19.7 Å². The standard InChI is InChI=1S/C24H34N4O5S/c1-17-13-28(18(2)16-29)34(31,32)23-7-6-20(19-8-10-25-11-9-19)12-21(23)33-22(17)14-27(5)24(30)15-26(3)4/h6-12,17-18,22,29H,13-16H2,1-5H3/t17-,18-,22-/m1/s1. The minimum atomic E-state index is -3.92. The first-order chi connectivity index (χ1) is 16.0. The Morgan fingerprint density at radius 1 is 1.21 bits per heavy atom. The number of hydrogen-bond donors (Lipinski definition) is 1. The van der Waals surface area contributed by atoms with E-state index in [1.807, 2.05) is 33.2 Å². The minimum absolute atomic E-state index is 0.0461. The molecule has 1 aliphatic heterocycles. The quantitative estimate of drug-likeness (QED) is 0.628. The Morgan fingerprint density at radius 3 is 2.50 bits per heavy atom. The molecule has 1 amide bonds. The summed E-state index contributed by atoms with van der Waals surface area (Å²) in [7, 11) is 1.46. The van der Waals surface area contributed by atoms with Gasteiger partial charge in [-0.25, -0.2) is 8.42 Å². The summed E-state index contributed by atoms with van der Waals surface area (Å²) in [6.07, 6.45) is 2.89. The lowest BCUT2D eigenvalue weighted by Gasteiger charge is -2.37. The molecule has 1 aliphatic rings. The van der Waals surface area contributed by atoms with Crippen molar-refractivity contribution in [2.24, 2.45) is 5.92 Å². The SMILES string of the molecule is C[C@@H]1CN([C@H](C)CO)S(=O)(=O)c2ccc(-c3ccncc3)cc2O[C@@H]1CN(C)C(=O)CN(C)C. The van der Waals surface area contributed by atoms with Crippen LogP contribution in [0.1, 0.15) is 13.8 Å². The second kappa shape index (κ2) is 10.8. The van der Waals surface area contributed by atoms with E-state index in [9.17, 15) is 18.3 Å². The van der Waals surface area contributed by atoms with Crippen molar-refractivity contribution >= 4 is 15.9 Å². The lowest BCUT2D eigenvalue weighted by molar-refractivity contribution is -0.132. The molecule has 0 spiro atoms. The van der Waals surface area contributed by atoms with Gasteiger partial charge in [0.1, 0.15) is 16.7 Å². The summed E-state index contributed by atoms with van der Waals surface area (Å²) in [5.74, 6) is -0.0626. The average molecular weight is 491 g/mol. The maximum atomic E-state index is 13.6. The molecule has 9 nitrogen and oxygen atoms in total. The number of carbonyl (C=O) groups is 1. The molecule has 0 aliphatic carbocycles. The molecule has 1 aromatic carbocycles. The normalized spacial score (nSPS) is 21.1. The van der Waals surface area contributed by atoms with Crippen LogP contribution in [0, 0.1) is 5.92 Å². The smallest absolute Gasteiger partial charge is 0.247 e. The van der Waals surface area contributed by atoms with Crippen molar-refractivity contribution in [3.8, 4) is 16.9 Å². The van der Waals surface area contributed by atoms with Gasteiger partial charge in [-0.2, -0.15) is 4.31 Å². The van der Waals surface area contributed by atoms with E-state index in [1.165, 1.54) is 4.31 Å². The number of rotatable bonds is 7. The Labute approximate surface area is 202 Å². The van der Waals surface area contributed by atoms with Gasteiger partial charge in [-0.3, -0.25) is 9.78 Å². The Hall–Kier alpha value is -2.53. The number of hydrogen-bond acceptors (Lipinski definition) is 7. The number of carbonyl (C=O) groups excluding carboxylic acids is 1. The first-order valence-electron chi connectivity index (χ1n) is 11.3. The zero-order valence-corrected chi connectivity index (χ0v) is 21.2. The molecular weight excluding hydrogens is 456 g/mol. The Kier molecular flexibility index (Phi) is 8.29. The van der Waals surface area contributed by atoms with Crippen LogP contribution >= 0.6 is 0 Å². The van der Waals surface area contributed by atoms with Gasteiger partial charge in [-0.1, -0.05) is 13.0 Å². The molecule has 34 heavy (non-hydrogen) atoms. The maximum absolute atomic E-state index is 13.6. The number of aliphatic hydroxyl groups is 1. The molecule has 10 heteroatoms. The van der Waals surface area contributed by atoms with Crippen molar-refractivity contribution in [3.63, 3.8) is 0 Å². The number of nitrogens with zero attached hydrogens (tertiary/aromatic N) is 4. The number of pyridine rings is 1. The van der Waals surface area contributed by atoms with Crippen LogP contribution in [0.5, 0.6) is 5.75 Å². The molecule has 1 N–H and O–H groups in total. The highest BCUT2D eigenvalue weighted by molar-refractivity contribution is 7.89. The van der Waals surface area contributed by atoms with Gasteiger partial charge < -0.3 is 19.6 Å². The number of benzene rings is 1. The zero-order valence-electron chi connectivity index (χ0n) is 20.4. The summed E-state index contributed by atoms with van der Waals surface area (Å²) >= 11 is 0. The van der Waals surface area contributed by atoms with Gasteiger partial charge in [0.15, 0.2) is 0 Å². The van der Waals surface area contributed by atoms with Crippen molar-refractivity contribution in [2.45, 2.75) is 30.9 Å². The number of fused-ring (bicyclic) bond motifs is 1. The minimum Gasteiger partial charge on any atom is -0.487 e. The molecule has 3 rings (SSSR count). The molecule has 0 radical (unpaired) electrons. The van der Waals surface area contributed by atoms with Gasteiger partial charge in [-0.05, 0) is 56.4 Å². The largest absolute Gasteiger partial charge is 0.487 e. The molecule has 0 fully saturated rings. The fourth-order valence-corrected chi connectivity index (χ4v) is 5.76. The monoisotopic (exact) mass is 490 g/mol. The second-order valence-corrected chi connectivity index (χ2v) is 11.0. The third-order valence-corrected chi connectivity index (χ3v) is 8.03. The molecule has 0 bridgehead atoms. The van der Waals surface area contributed by atoms with Gasteiger partial charge in [0.25, 0.3) is 0 Å². The lowest BCUT2D eigenvalue weighted by Crippen LogP contribution is -2.50. The predicted molar refractivity (Wildman–Crippen MR) is 130 cm³/mol. The van der Waals surface area contributed by atoms with Crippen LogP contribution in [0.25, 0.3) is 11.1 Å². The van der Waals surface area contributed by atoms with Crippen LogP contribution in [0.4, 0.5) is 0 Å². The third kappa shape index (κ3) is 5.75. The molecule has 0 unspecified atom stereocenters. The van der Waals surface area contributed by atoms with Crippen molar-refractivity contribution < 1.29 is 23.1 Å². The van der Waals surface area contributed by atoms with Crippen LogP contribution in [-0.4, -0.2) is 98.1 Å². The average Bonchev–Trinajstić information content (AvgIpc) is 2.80. The molecular formula is C24H34N4O5S. The molecule has 2 heterocycles. The topological polar surface area (TPSA) is 103 Å². The number of sulfonamides is 1. The molecule has 186 valence electrons. The number of aromatic nitrogens is 1. The van der Waals surface area contributed by atoms with Crippen LogP contribution in [0.15, 0.2) is 47.6 Å². The van der Waals surface area contributed by atoms with Crippen LogP contribution in [-0.2, 0) is 14.8 Å². The van der Waals surface area contributed by atoms with Crippen molar-refractivity contribution in [1.29, 1.82) is 0 Å². The predicted octanol–water partition coefficient (Wildman–Crippen LogP) is 1.54. The Bertz CT molecular complexity index is 1090. The number of likely N-dealkylation sites (N-methyl/N-ethyl adjacent to an activating group) is 2. The van der Waals surface area contributed by atoms with Crippen molar-refractivity contribution in [1.82, 2.24) is 19.1 Å². The number of amides is 1. The third-order valence-electron chi connectivity index (χ3n) is 6.01. The van der Waals surface area contributed by atoms with E-state index < -0.39 is 22.2 Å². The fraction of sp³-hybridized carbons (Fsp3) is 0.500. The highest BCUT2D eigenvalue weighted by Crippen LogP contribution is 2.36. The van der Waals surface area contributed by atoms with E-state index in [0.717, 1.165) is 11.1 Å². The Balaban J connectivity index is 2.06. The Morgan fingerprint density at radius 2 is 1.88 bits per heavy atom. The molecule has 0 saturated heterocycles. The summed E-state index contributed by atoms with van der Waals surface area (Å²) in [5.41, 5.74) is 1.67. The van der Waals surface area contributed by atoms with Crippen molar-refractivity contribution in [2.75, 3.05) is 47.4 Å². The van der Waals surface area contributed by atoms with Crippen molar-refractivity contribution in [3.05, 3.63) is 42.7 Å². The summed E-state index contributed by atoms with van der Waals surface area (Å²) in [4.78, 5) is 20.1.